The Hall–Kier alpha value is -1.50. The van der Waals surface area contributed by atoms with Crippen LogP contribution in [0.25, 0.3) is 0 Å². The van der Waals surface area contributed by atoms with E-state index in [9.17, 15) is 4.79 Å². The van der Waals surface area contributed by atoms with E-state index >= 15 is 0 Å². The van der Waals surface area contributed by atoms with Gasteiger partial charge in [0.25, 0.3) is 0 Å². The summed E-state index contributed by atoms with van der Waals surface area (Å²) in [6.45, 7) is 12.3. The zero-order valence-electron chi connectivity index (χ0n) is 36.1. The van der Waals surface area contributed by atoms with Crippen molar-refractivity contribution >= 4 is 11.9 Å². The number of nitrogens with zero attached hydrogens (tertiary/aromatic N) is 4. The van der Waals surface area contributed by atoms with Crippen molar-refractivity contribution in [2.45, 2.75) is 207 Å². The number of hydrazine groups is 1. The van der Waals surface area contributed by atoms with E-state index in [0.29, 0.717) is 38.4 Å². The van der Waals surface area contributed by atoms with Crippen LogP contribution in [0, 0.1) is 0 Å². The summed E-state index contributed by atoms with van der Waals surface area (Å²) in [5.41, 5.74) is 2.41. The molecule has 0 aromatic rings. The smallest absolute Gasteiger partial charge is 0.305 e. The number of unbranched alkanes of at least 4 members (excludes halogenated alkanes) is 19. The number of nitrogens with one attached hydrogen (secondary N) is 1. The molecule has 0 aromatic heterocycles. The quantitative estimate of drug-likeness (QED) is 0.0138. The summed E-state index contributed by atoms with van der Waals surface area (Å²) < 4.78 is 17.4. The van der Waals surface area contributed by atoms with Crippen LogP contribution >= 0.6 is 0 Å². The normalized spacial score (nSPS) is 12.6. The van der Waals surface area contributed by atoms with Gasteiger partial charge in [0.05, 0.1) is 12.7 Å². The lowest BCUT2D eigenvalue weighted by molar-refractivity contribution is -0.330. The van der Waals surface area contributed by atoms with E-state index in [1.165, 1.54) is 116 Å². The summed E-state index contributed by atoms with van der Waals surface area (Å²) in [5.74, 6) is 0.365. The topological polar surface area (TPSA) is 119 Å². The van der Waals surface area contributed by atoms with Crippen LogP contribution in [0.4, 0.5) is 0 Å². The summed E-state index contributed by atoms with van der Waals surface area (Å²) in [7, 11) is 3.62. The molecule has 0 aliphatic rings. The van der Waals surface area contributed by atoms with Crippen molar-refractivity contribution in [3.8, 4) is 0 Å². The Morgan fingerprint density at radius 1 is 0.630 bits per heavy atom. The van der Waals surface area contributed by atoms with Crippen LogP contribution in [0.5, 0.6) is 0 Å². The number of hydrogen-bond donors (Lipinski definition) is 3. The maximum absolute atomic E-state index is 12.1. The molecular weight excluding hydrogens is 683 g/mol. The molecule has 11 heteroatoms. The Bertz CT molecular complexity index is 826. The van der Waals surface area contributed by atoms with Crippen LogP contribution in [-0.2, 0) is 19.0 Å². The van der Waals surface area contributed by atoms with E-state index in [2.05, 4.69) is 36.1 Å². The number of hydrogen-bond acceptors (Lipinski definition) is 9. The van der Waals surface area contributed by atoms with Gasteiger partial charge in [0, 0.05) is 40.4 Å². The molecule has 0 saturated heterocycles. The Balaban J connectivity index is 0. The fraction of sp³-hybridized carbons (Fsp3) is 0.953. The van der Waals surface area contributed by atoms with Crippen LogP contribution in [-0.4, -0.2) is 104 Å². The molecular formula is C43H91N5O6. The fourth-order valence-electron chi connectivity index (χ4n) is 6.64. The molecule has 0 heterocycles. The Kier molecular flexibility index (Phi) is 40.0. The summed E-state index contributed by atoms with van der Waals surface area (Å²) in [5, 5.41) is 18.2. The highest BCUT2D eigenvalue weighted by Gasteiger charge is 2.10. The molecule has 11 nitrogen and oxygen atoms in total. The van der Waals surface area contributed by atoms with E-state index in [-0.39, 0.29) is 12.7 Å². The number of esters is 1. The summed E-state index contributed by atoms with van der Waals surface area (Å²) in [4.78, 5) is 20.8. The van der Waals surface area contributed by atoms with Gasteiger partial charge in [0.2, 0.25) is 5.96 Å². The standard InChI is InChI=1S/C43H89N5O6.H2/c1-6-9-12-14-22-29-39-53-42(49)33-25-18-17-20-27-36-47(37-30-34-44-43(46(4)5)45-48(50)51)35-26-19-15-16-21-28-38-52-40-54-41(31-23-11-8-3)32-24-13-10-7-2;/h41,50-51H,6-40H2,1-5H3,(H,44,45);1H. The molecule has 0 fully saturated rings. The molecule has 0 amide bonds. The van der Waals surface area contributed by atoms with Crippen molar-refractivity contribution in [1.29, 1.82) is 0 Å². The maximum Gasteiger partial charge on any atom is 0.305 e. The van der Waals surface area contributed by atoms with Crippen LogP contribution < -0.4 is 5.43 Å². The second kappa shape index (κ2) is 41.1. The van der Waals surface area contributed by atoms with E-state index < -0.39 is 0 Å². The molecule has 0 aromatic carbocycles. The van der Waals surface area contributed by atoms with Crippen molar-refractivity contribution in [2.24, 2.45) is 4.99 Å². The first-order chi connectivity index (χ1) is 26.3. The Morgan fingerprint density at radius 3 is 1.70 bits per heavy atom. The average Bonchev–Trinajstić information content (AvgIpc) is 3.15. The van der Waals surface area contributed by atoms with Crippen LogP contribution in [0.2, 0.25) is 0 Å². The molecule has 0 saturated carbocycles. The first-order valence-electron chi connectivity index (χ1n) is 22.6. The number of ether oxygens (including phenoxy) is 3. The number of aliphatic imine (C=N–C) groups is 1. The highest BCUT2D eigenvalue weighted by atomic mass is 16.8. The van der Waals surface area contributed by atoms with Crippen LogP contribution in [0.1, 0.15) is 202 Å². The molecule has 0 bridgehead atoms. The number of rotatable bonds is 41. The van der Waals surface area contributed by atoms with Gasteiger partial charge in [-0.3, -0.25) is 20.2 Å². The van der Waals surface area contributed by atoms with Gasteiger partial charge in [-0.15, -0.1) is 0 Å². The molecule has 324 valence electrons. The first kappa shape index (κ1) is 52.5. The number of carbonyl (C=O) groups is 1. The Morgan fingerprint density at radius 2 is 1.11 bits per heavy atom. The minimum Gasteiger partial charge on any atom is -0.466 e. The van der Waals surface area contributed by atoms with Gasteiger partial charge in [0.1, 0.15) is 6.79 Å². The van der Waals surface area contributed by atoms with Crippen LogP contribution in [0.15, 0.2) is 4.99 Å². The SMILES string of the molecule is CCCCCCCCOC(=O)CCCCCCCN(CCCCCCCCOCOC(CCCCC)CCCCCC)CCCN=C(NN(O)O)N(C)C.[HH]. The lowest BCUT2D eigenvalue weighted by Gasteiger charge is -2.22. The van der Waals surface area contributed by atoms with Crippen molar-refractivity contribution in [2.75, 3.05) is 60.3 Å². The summed E-state index contributed by atoms with van der Waals surface area (Å²) in [6, 6.07) is 0. The lowest BCUT2D eigenvalue weighted by atomic mass is 10.0. The zero-order valence-corrected chi connectivity index (χ0v) is 36.1. The highest BCUT2D eigenvalue weighted by molar-refractivity contribution is 5.78. The molecule has 0 aliphatic carbocycles. The average molecular weight is 774 g/mol. The molecule has 0 radical (unpaired) electrons. The summed E-state index contributed by atoms with van der Waals surface area (Å²) >= 11 is 0. The third kappa shape index (κ3) is 37.4. The largest absolute Gasteiger partial charge is 0.466 e. The minimum atomic E-state index is -0.0618. The molecule has 3 N–H and O–H groups in total. The molecule has 0 spiro atoms. The zero-order chi connectivity index (χ0) is 39.7. The number of guanidine groups is 1. The van der Waals surface area contributed by atoms with E-state index in [0.717, 1.165) is 84.0 Å². The monoisotopic (exact) mass is 774 g/mol. The van der Waals surface area contributed by atoms with E-state index in [1.807, 2.05) is 14.1 Å². The van der Waals surface area contributed by atoms with Gasteiger partial charge in [-0.25, -0.2) is 5.43 Å². The second-order valence-corrected chi connectivity index (χ2v) is 15.5. The van der Waals surface area contributed by atoms with Gasteiger partial charge in [-0.2, -0.15) is 0 Å². The molecule has 0 aliphatic heterocycles. The van der Waals surface area contributed by atoms with Crippen molar-refractivity contribution < 1.29 is 30.8 Å². The fourth-order valence-corrected chi connectivity index (χ4v) is 6.64. The molecule has 0 rings (SSSR count). The maximum atomic E-state index is 12.1. The second-order valence-electron chi connectivity index (χ2n) is 15.5. The first-order valence-corrected chi connectivity index (χ1v) is 22.6. The molecule has 1 atom stereocenters. The Labute approximate surface area is 334 Å². The van der Waals surface area contributed by atoms with E-state index in [4.69, 9.17) is 24.6 Å². The van der Waals surface area contributed by atoms with Gasteiger partial charge in [-0.05, 0) is 71.0 Å². The minimum absolute atomic E-state index is 0. The van der Waals surface area contributed by atoms with Crippen LogP contribution in [0.3, 0.4) is 0 Å². The van der Waals surface area contributed by atoms with Crippen molar-refractivity contribution in [3.05, 3.63) is 0 Å². The summed E-state index contributed by atoms with van der Waals surface area (Å²) in [6.07, 6.45) is 33.0. The molecule has 54 heavy (non-hydrogen) atoms. The van der Waals surface area contributed by atoms with Gasteiger partial charge in [0.15, 0.2) is 0 Å². The number of carbonyl (C=O) groups excluding carboxylic acids is 1. The predicted molar refractivity (Wildman–Crippen MR) is 226 cm³/mol. The predicted octanol–water partition coefficient (Wildman–Crippen LogP) is 10.9. The molecule has 1 unspecified atom stereocenters. The van der Waals surface area contributed by atoms with Crippen molar-refractivity contribution in [3.63, 3.8) is 0 Å². The lowest BCUT2D eigenvalue weighted by Crippen LogP contribution is -2.44. The van der Waals surface area contributed by atoms with E-state index in [1.54, 1.807) is 4.90 Å². The third-order valence-electron chi connectivity index (χ3n) is 10.0. The third-order valence-corrected chi connectivity index (χ3v) is 10.0. The van der Waals surface area contributed by atoms with Crippen molar-refractivity contribution in [1.82, 2.24) is 20.6 Å². The van der Waals surface area contributed by atoms with Gasteiger partial charge in [-0.1, -0.05) is 143 Å². The van der Waals surface area contributed by atoms with Gasteiger partial charge >= 0.3 is 5.97 Å². The highest BCUT2D eigenvalue weighted by Crippen LogP contribution is 2.16. The van der Waals surface area contributed by atoms with Gasteiger partial charge < -0.3 is 24.0 Å².